The molecule has 4 nitrogen and oxygen atoms in total. The third-order valence-corrected chi connectivity index (χ3v) is 3.88. The van der Waals surface area contributed by atoms with Crippen molar-refractivity contribution in [3.05, 3.63) is 28.0 Å². The van der Waals surface area contributed by atoms with Gasteiger partial charge < -0.3 is 10.6 Å². The van der Waals surface area contributed by atoms with Gasteiger partial charge in [-0.1, -0.05) is 0 Å². The first kappa shape index (κ1) is 12.8. The number of rotatable bonds is 3. The van der Waals surface area contributed by atoms with Gasteiger partial charge in [0.15, 0.2) is 0 Å². The zero-order valence-corrected chi connectivity index (χ0v) is 11.0. The van der Waals surface area contributed by atoms with E-state index in [1.165, 1.54) is 5.56 Å². The molecular formula is C13H16N2O2S. The molecular weight excluding hydrogens is 248 g/mol. The SMILES string of the molecule is Cc1ccsc1C=CC(=O)NC1CCC(=O)NC1. The van der Waals surface area contributed by atoms with Crippen LogP contribution < -0.4 is 10.6 Å². The second kappa shape index (κ2) is 5.82. The number of hydrogen-bond acceptors (Lipinski definition) is 3. The monoisotopic (exact) mass is 264 g/mol. The van der Waals surface area contributed by atoms with Crippen molar-refractivity contribution in [2.24, 2.45) is 0 Å². The Labute approximate surface area is 110 Å². The molecule has 1 fully saturated rings. The van der Waals surface area contributed by atoms with Gasteiger partial charge in [-0.25, -0.2) is 0 Å². The number of hydrogen-bond donors (Lipinski definition) is 2. The second-order valence-electron chi connectivity index (χ2n) is 4.35. The Morgan fingerprint density at radius 1 is 1.61 bits per heavy atom. The van der Waals surface area contributed by atoms with Gasteiger partial charge in [0.2, 0.25) is 11.8 Å². The Hall–Kier alpha value is -1.62. The van der Waals surface area contributed by atoms with Crippen LogP contribution in [0.1, 0.15) is 23.3 Å². The molecule has 1 unspecified atom stereocenters. The van der Waals surface area contributed by atoms with Gasteiger partial charge in [0, 0.05) is 30.0 Å². The second-order valence-corrected chi connectivity index (χ2v) is 5.30. The van der Waals surface area contributed by atoms with Gasteiger partial charge in [-0.15, -0.1) is 11.3 Å². The largest absolute Gasteiger partial charge is 0.354 e. The maximum Gasteiger partial charge on any atom is 0.244 e. The van der Waals surface area contributed by atoms with Crippen molar-refractivity contribution < 1.29 is 9.59 Å². The van der Waals surface area contributed by atoms with Gasteiger partial charge in [0.05, 0.1) is 0 Å². The molecule has 1 aromatic heterocycles. The van der Waals surface area contributed by atoms with E-state index in [4.69, 9.17) is 0 Å². The number of nitrogens with one attached hydrogen (secondary N) is 2. The normalized spacial score (nSPS) is 19.8. The van der Waals surface area contributed by atoms with E-state index in [0.29, 0.717) is 19.4 Å². The molecule has 0 spiro atoms. The molecule has 0 aromatic carbocycles. The first-order valence-corrected chi connectivity index (χ1v) is 6.82. The summed E-state index contributed by atoms with van der Waals surface area (Å²) in [4.78, 5) is 23.8. The van der Waals surface area contributed by atoms with E-state index >= 15 is 0 Å². The highest BCUT2D eigenvalue weighted by Gasteiger charge is 2.18. The summed E-state index contributed by atoms with van der Waals surface area (Å²) in [6.07, 6.45) is 4.58. The number of carbonyl (C=O) groups excluding carboxylic acids is 2. The van der Waals surface area contributed by atoms with E-state index in [2.05, 4.69) is 10.6 Å². The summed E-state index contributed by atoms with van der Waals surface area (Å²) in [5.74, 6) is -0.0470. The summed E-state index contributed by atoms with van der Waals surface area (Å²) in [5.41, 5.74) is 1.17. The molecule has 2 N–H and O–H groups in total. The van der Waals surface area contributed by atoms with Crippen LogP contribution >= 0.6 is 11.3 Å². The fourth-order valence-electron chi connectivity index (χ4n) is 1.81. The lowest BCUT2D eigenvalue weighted by Crippen LogP contribution is -2.47. The number of amides is 2. The van der Waals surface area contributed by atoms with Crippen molar-refractivity contribution in [1.29, 1.82) is 0 Å². The summed E-state index contributed by atoms with van der Waals surface area (Å²) in [7, 11) is 0. The predicted molar refractivity (Wildman–Crippen MR) is 72.3 cm³/mol. The lowest BCUT2D eigenvalue weighted by atomic mass is 10.1. The van der Waals surface area contributed by atoms with Crippen LogP contribution in [0.4, 0.5) is 0 Å². The third-order valence-electron chi connectivity index (χ3n) is 2.90. The average molecular weight is 264 g/mol. The summed E-state index contributed by atoms with van der Waals surface area (Å²) < 4.78 is 0. The zero-order valence-electron chi connectivity index (χ0n) is 10.2. The molecule has 0 radical (unpaired) electrons. The van der Waals surface area contributed by atoms with Crippen LogP contribution in [0.3, 0.4) is 0 Å². The van der Waals surface area contributed by atoms with Crippen LogP contribution in [0.2, 0.25) is 0 Å². The van der Waals surface area contributed by atoms with Gasteiger partial charge in [-0.3, -0.25) is 9.59 Å². The smallest absolute Gasteiger partial charge is 0.244 e. The molecule has 1 aliphatic rings. The number of aryl methyl sites for hydroxylation is 1. The topological polar surface area (TPSA) is 58.2 Å². The van der Waals surface area contributed by atoms with Crippen LogP contribution in [-0.2, 0) is 9.59 Å². The highest BCUT2D eigenvalue weighted by molar-refractivity contribution is 7.11. The molecule has 1 saturated heterocycles. The Morgan fingerprint density at radius 2 is 2.44 bits per heavy atom. The number of thiophene rings is 1. The molecule has 0 bridgehead atoms. The standard InChI is InChI=1S/C13H16N2O2S/c1-9-6-7-18-11(9)3-5-13(17)15-10-2-4-12(16)14-8-10/h3,5-7,10H,2,4,8H2,1H3,(H,14,16)(H,15,17). The molecule has 5 heteroatoms. The maximum atomic E-state index is 11.7. The summed E-state index contributed by atoms with van der Waals surface area (Å²) in [6, 6.07) is 2.07. The minimum absolute atomic E-state index is 0.0456. The molecule has 2 rings (SSSR count). The Morgan fingerprint density at radius 3 is 3.06 bits per heavy atom. The molecule has 1 atom stereocenters. The van der Waals surface area contributed by atoms with Crippen molar-refractivity contribution in [3.8, 4) is 0 Å². The van der Waals surface area contributed by atoms with Gasteiger partial charge in [0.25, 0.3) is 0 Å². The van der Waals surface area contributed by atoms with Crippen molar-refractivity contribution in [3.63, 3.8) is 0 Å². The van der Waals surface area contributed by atoms with E-state index in [-0.39, 0.29) is 17.9 Å². The van der Waals surface area contributed by atoms with E-state index in [9.17, 15) is 9.59 Å². The minimum Gasteiger partial charge on any atom is -0.354 e. The maximum absolute atomic E-state index is 11.7. The number of carbonyl (C=O) groups is 2. The van der Waals surface area contributed by atoms with Gasteiger partial charge >= 0.3 is 0 Å². The van der Waals surface area contributed by atoms with Gasteiger partial charge in [-0.05, 0) is 36.4 Å². The van der Waals surface area contributed by atoms with E-state index in [1.807, 2.05) is 24.4 Å². The summed E-state index contributed by atoms with van der Waals surface area (Å²) in [5, 5.41) is 7.63. The molecule has 96 valence electrons. The lowest BCUT2D eigenvalue weighted by Gasteiger charge is -2.22. The predicted octanol–water partition coefficient (Wildman–Crippen LogP) is 1.46. The molecule has 1 aliphatic heterocycles. The Bertz CT molecular complexity index is 469. The highest BCUT2D eigenvalue weighted by Crippen LogP contribution is 2.16. The molecule has 1 aromatic rings. The number of piperidine rings is 1. The van der Waals surface area contributed by atoms with Crippen LogP contribution in [0.5, 0.6) is 0 Å². The third kappa shape index (κ3) is 3.43. The summed E-state index contributed by atoms with van der Waals surface area (Å²) in [6.45, 7) is 2.54. The fraction of sp³-hybridized carbons (Fsp3) is 0.385. The van der Waals surface area contributed by atoms with Crippen LogP contribution in [0.15, 0.2) is 17.5 Å². The van der Waals surface area contributed by atoms with E-state index in [1.54, 1.807) is 17.4 Å². The highest BCUT2D eigenvalue weighted by atomic mass is 32.1. The van der Waals surface area contributed by atoms with E-state index < -0.39 is 0 Å². The van der Waals surface area contributed by atoms with Crippen molar-refractivity contribution in [2.45, 2.75) is 25.8 Å². The minimum atomic E-state index is -0.107. The van der Waals surface area contributed by atoms with Gasteiger partial charge in [-0.2, -0.15) is 0 Å². The van der Waals surface area contributed by atoms with Gasteiger partial charge in [0.1, 0.15) is 0 Å². The average Bonchev–Trinajstić information content (AvgIpc) is 2.75. The zero-order chi connectivity index (χ0) is 13.0. The van der Waals surface area contributed by atoms with Crippen molar-refractivity contribution in [2.75, 3.05) is 6.54 Å². The molecule has 18 heavy (non-hydrogen) atoms. The molecule has 0 aliphatic carbocycles. The van der Waals surface area contributed by atoms with Crippen LogP contribution in [0, 0.1) is 6.92 Å². The molecule has 2 heterocycles. The Kier molecular flexibility index (Phi) is 4.15. The molecule has 2 amide bonds. The van der Waals surface area contributed by atoms with Crippen LogP contribution in [0.25, 0.3) is 6.08 Å². The fourth-order valence-corrected chi connectivity index (χ4v) is 2.63. The Balaban J connectivity index is 1.84. The lowest BCUT2D eigenvalue weighted by molar-refractivity contribution is -0.124. The van der Waals surface area contributed by atoms with Crippen molar-refractivity contribution >= 4 is 29.2 Å². The van der Waals surface area contributed by atoms with E-state index in [0.717, 1.165) is 4.88 Å². The first-order chi connectivity index (χ1) is 8.65. The summed E-state index contributed by atoms with van der Waals surface area (Å²) >= 11 is 1.61. The van der Waals surface area contributed by atoms with Crippen molar-refractivity contribution in [1.82, 2.24) is 10.6 Å². The van der Waals surface area contributed by atoms with Crippen LogP contribution in [-0.4, -0.2) is 24.4 Å². The first-order valence-electron chi connectivity index (χ1n) is 5.94. The quantitative estimate of drug-likeness (QED) is 0.812. The molecule has 0 saturated carbocycles.